The van der Waals surface area contributed by atoms with E-state index < -0.39 is 47.2 Å². The van der Waals surface area contributed by atoms with Crippen LogP contribution in [0.5, 0.6) is 0 Å². The lowest BCUT2D eigenvalue weighted by atomic mass is 9.81. The number of methoxy groups -OCH3 is 2. The topological polar surface area (TPSA) is 179 Å². The standard InChI is InChI=1S/C37H50N4O10/c1-27(19-15-12-13-16-20-29-23-38-25-50-29)32(43)36(3,4)34(45)39-22-18-14-10-8-9-11-17-21-30(42)40-37(24-49-26-51-37)35(46)41(5)31(28(2)47-6)33(44)48-7/h8-19,21,23,25,28,31-32,43H,20,22,24,26H2,1-7H3,(H,39,45)(H,40,42)/b10-8+,11-9+,15-12-,16-13+,18-14-,21-17+,27-19-. The van der Waals surface area contributed by atoms with E-state index in [4.69, 9.17) is 23.4 Å². The summed E-state index contributed by atoms with van der Waals surface area (Å²) in [6.45, 7) is 6.52. The molecule has 0 saturated carbocycles. The molecule has 1 fully saturated rings. The number of aliphatic hydroxyl groups is 1. The summed E-state index contributed by atoms with van der Waals surface area (Å²) < 4.78 is 26.0. The predicted octanol–water partition coefficient (Wildman–Crippen LogP) is 2.86. The number of hydrogen-bond donors (Lipinski definition) is 3. The molecule has 2 rings (SSSR count). The number of hydrogen-bond acceptors (Lipinski definition) is 11. The Morgan fingerprint density at radius 3 is 2.35 bits per heavy atom. The summed E-state index contributed by atoms with van der Waals surface area (Å²) in [6, 6.07) is -1.09. The Balaban J connectivity index is 1.82. The number of ether oxygens (including phenoxy) is 4. The maximum atomic E-state index is 13.4. The van der Waals surface area contributed by atoms with Crippen molar-refractivity contribution in [3.05, 3.63) is 103 Å². The fourth-order valence-corrected chi connectivity index (χ4v) is 4.77. The van der Waals surface area contributed by atoms with E-state index in [9.17, 15) is 24.3 Å². The van der Waals surface area contributed by atoms with Crippen molar-refractivity contribution in [2.45, 2.75) is 58.1 Å². The quantitative estimate of drug-likeness (QED) is 0.109. The van der Waals surface area contributed by atoms with E-state index in [0.717, 1.165) is 10.7 Å². The minimum Gasteiger partial charge on any atom is -0.467 e. The Labute approximate surface area is 299 Å². The zero-order valence-corrected chi connectivity index (χ0v) is 30.2. The molecule has 3 amide bonds. The molecule has 278 valence electrons. The van der Waals surface area contributed by atoms with Crippen LogP contribution in [0, 0.1) is 5.41 Å². The summed E-state index contributed by atoms with van der Waals surface area (Å²) in [5.74, 6) is -1.55. The maximum Gasteiger partial charge on any atom is 0.331 e. The summed E-state index contributed by atoms with van der Waals surface area (Å²) in [6.07, 6.45) is 24.1. The van der Waals surface area contributed by atoms with E-state index in [1.165, 1.54) is 39.8 Å². The predicted molar refractivity (Wildman–Crippen MR) is 189 cm³/mol. The smallest absolute Gasteiger partial charge is 0.331 e. The molecule has 4 unspecified atom stereocenters. The van der Waals surface area contributed by atoms with Crippen LogP contribution in [0.3, 0.4) is 0 Å². The van der Waals surface area contributed by atoms with E-state index in [-0.39, 0.29) is 25.9 Å². The molecule has 0 bridgehead atoms. The van der Waals surface area contributed by atoms with E-state index in [1.807, 2.05) is 18.2 Å². The molecule has 14 heteroatoms. The van der Waals surface area contributed by atoms with Crippen molar-refractivity contribution in [2.24, 2.45) is 5.41 Å². The third kappa shape index (κ3) is 13.1. The lowest BCUT2D eigenvalue weighted by Gasteiger charge is -2.35. The molecular weight excluding hydrogens is 660 g/mol. The first kappa shape index (κ1) is 42.3. The van der Waals surface area contributed by atoms with Gasteiger partial charge in [0, 0.05) is 33.2 Å². The van der Waals surface area contributed by atoms with Crippen LogP contribution >= 0.6 is 0 Å². The van der Waals surface area contributed by atoms with E-state index in [1.54, 1.807) is 82.5 Å². The van der Waals surface area contributed by atoms with Crippen molar-refractivity contribution in [3.8, 4) is 0 Å². The first-order valence-electron chi connectivity index (χ1n) is 16.2. The molecule has 1 aromatic rings. The number of rotatable bonds is 19. The van der Waals surface area contributed by atoms with Gasteiger partial charge in [-0.1, -0.05) is 72.9 Å². The Bertz CT molecular complexity index is 1500. The van der Waals surface area contributed by atoms with Crippen LogP contribution in [0.1, 0.15) is 33.5 Å². The molecule has 3 N–H and O–H groups in total. The van der Waals surface area contributed by atoms with Gasteiger partial charge in [-0.15, -0.1) is 0 Å². The number of aliphatic hydroxyl groups excluding tert-OH is 1. The van der Waals surface area contributed by atoms with Crippen LogP contribution in [-0.4, -0.2) is 104 Å². The number of carbonyl (C=O) groups excluding carboxylic acids is 4. The van der Waals surface area contributed by atoms with Crippen LogP contribution in [-0.2, 0) is 44.5 Å². The monoisotopic (exact) mass is 710 g/mol. The molecule has 0 aromatic carbocycles. The highest BCUT2D eigenvalue weighted by Crippen LogP contribution is 2.26. The van der Waals surface area contributed by atoms with Crippen LogP contribution in [0.4, 0.5) is 0 Å². The Morgan fingerprint density at radius 2 is 1.73 bits per heavy atom. The zero-order valence-electron chi connectivity index (χ0n) is 30.2. The van der Waals surface area contributed by atoms with Crippen LogP contribution < -0.4 is 10.6 Å². The van der Waals surface area contributed by atoms with E-state index >= 15 is 0 Å². The van der Waals surface area contributed by atoms with Crippen molar-refractivity contribution in [2.75, 3.05) is 41.2 Å². The highest BCUT2D eigenvalue weighted by Gasteiger charge is 2.50. The highest BCUT2D eigenvalue weighted by atomic mass is 16.7. The van der Waals surface area contributed by atoms with Gasteiger partial charge in [0.15, 0.2) is 19.2 Å². The van der Waals surface area contributed by atoms with Gasteiger partial charge in [-0.3, -0.25) is 14.4 Å². The second-order valence-electron chi connectivity index (χ2n) is 12.0. The van der Waals surface area contributed by atoms with Gasteiger partial charge < -0.3 is 44.0 Å². The number of allylic oxidation sites excluding steroid dienone is 11. The van der Waals surface area contributed by atoms with Crippen molar-refractivity contribution >= 4 is 23.7 Å². The minimum atomic E-state index is -1.84. The number of oxazole rings is 1. The lowest BCUT2D eigenvalue weighted by Crippen LogP contribution is -2.64. The first-order chi connectivity index (χ1) is 24.3. The van der Waals surface area contributed by atoms with Crippen LogP contribution in [0.2, 0.25) is 0 Å². The highest BCUT2D eigenvalue weighted by molar-refractivity contribution is 5.96. The third-order valence-electron chi connectivity index (χ3n) is 7.90. The van der Waals surface area contributed by atoms with Crippen molar-refractivity contribution in [1.29, 1.82) is 0 Å². The third-order valence-corrected chi connectivity index (χ3v) is 7.90. The van der Waals surface area contributed by atoms with Gasteiger partial charge in [-0.2, -0.15) is 0 Å². The van der Waals surface area contributed by atoms with Gasteiger partial charge in [0.25, 0.3) is 5.91 Å². The summed E-state index contributed by atoms with van der Waals surface area (Å²) in [5, 5.41) is 16.2. The normalized spacial score (nSPS) is 19.1. The first-order valence-corrected chi connectivity index (χ1v) is 16.2. The summed E-state index contributed by atoms with van der Waals surface area (Å²) >= 11 is 0. The second kappa shape index (κ2) is 21.4. The average molecular weight is 711 g/mol. The Hall–Kier alpha value is -4.89. The zero-order chi connectivity index (χ0) is 37.9. The summed E-state index contributed by atoms with van der Waals surface area (Å²) in [7, 11) is 3.99. The summed E-state index contributed by atoms with van der Waals surface area (Å²) in [4.78, 5) is 56.2. The molecular formula is C37H50N4O10. The molecule has 1 aromatic heterocycles. The van der Waals surface area contributed by atoms with Crippen molar-refractivity contribution < 1.29 is 47.6 Å². The van der Waals surface area contributed by atoms with Crippen LogP contribution in [0.25, 0.3) is 0 Å². The van der Waals surface area contributed by atoms with Crippen LogP contribution in [0.15, 0.2) is 102 Å². The molecule has 1 aliphatic rings. The van der Waals surface area contributed by atoms with Gasteiger partial charge in [-0.25, -0.2) is 9.78 Å². The largest absolute Gasteiger partial charge is 0.467 e. The van der Waals surface area contributed by atoms with Gasteiger partial charge in [0.1, 0.15) is 12.4 Å². The average Bonchev–Trinajstić information content (AvgIpc) is 3.82. The number of likely N-dealkylation sites (N-methyl/N-ethyl adjacent to an activating group) is 1. The molecule has 2 heterocycles. The molecule has 1 saturated heterocycles. The molecule has 51 heavy (non-hydrogen) atoms. The molecule has 0 spiro atoms. The maximum absolute atomic E-state index is 13.4. The van der Waals surface area contributed by atoms with E-state index in [2.05, 4.69) is 15.6 Å². The van der Waals surface area contributed by atoms with E-state index in [0.29, 0.717) is 12.0 Å². The van der Waals surface area contributed by atoms with Gasteiger partial charge in [0.2, 0.25) is 17.5 Å². The number of aromatic nitrogens is 1. The molecule has 4 atom stereocenters. The number of amides is 3. The fourth-order valence-electron chi connectivity index (χ4n) is 4.77. The van der Waals surface area contributed by atoms with Gasteiger partial charge in [0.05, 0.1) is 30.9 Å². The Morgan fingerprint density at radius 1 is 1.06 bits per heavy atom. The number of carbonyl (C=O) groups is 4. The Kier molecular flexibility index (Phi) is 17.7. The van der Waals surface area contributed by atoms with Crippen molar-refractivity contribution in [1.82, 2.24) is 20.5 Å². The molecule has 0 radical (unpaired) electrons. The number of nitrogens with one attached hydrogen (secondary N) is 2. The SMILES string of the molecule is COC(=O)C(C(C)OC)N(C)C(=O)C1(NC(=O)/C=C/C=C/C=C/C=C\CNC(=O)C(C)(C)C(O)\C(C)=C/C=C\C=C\Cc2cnco2)COCO1. The summed E-state index contributed by atoms with van der Waals surface area (Å²) in [5.41, 5.74) is -2.25. The molecule has 14 nitrogen and oxygen atoms in total. The van der Waals surface area contributed by atoms with Gasteiger partial charge >= 0.3 is 5.97 Å². The second-order valence-corrected chi connectivity index (χ2v) is 12.0. The number of nitrogens with zero attached hydrogens (tertiary/aromatic N) is 2. The molecule has 0 aliphatic carbocycles. The lowest BCUT2D eigenvalue weighted by molar-refractivity contribution is -0.169. The van der Waals surface area contributed by atoms with Crippen molar-refractivity contribution in [3.63, 3.8) is 0 Å². The minimum absolute atomic E-state index is 0.228. The number of esters is 1. The van der Waals surface area contributed by atoms with Gasteiger partial charge in [-0.05, 0) is 33.3 Å². The fraction of sp³-hybridized carbons (Fsp3) is 0.432. The molecule has 1 aliphatic heterocycles.